The average molecular weight is 340 g/mol. The lowest BCUT2D eigenvalue weighted by atomic mass is 10.2. The highest BCUT2D eigenvalue weighted by Gasteiger charge is 2.17. The van der Waals surface area contributed by atoms with E-state index in [1.165, 1.54) is 11.3 Å². The minimum Gasteiger partial charge on any atom is -0.454 e. The molecule has 1 aliphatic heterocycles. The summed E-state index contributed by atoms with van der Waals surface area (Å²) in [5.41, 5.74) is 1.61. The minimum absolute atomic E-state index is 0.230. The molecule has 0 aliphatic carbocycles. The van der Waals surface area contributed by atoms with Crippen LogP contribution < -0.4 is 14.3 Å². The van der Waals surface area contributed by atoms with Gasteiger partial charge in [-0.3, -0.25) is 4.79 Å². The van der Waals surface area contributed by atoms with Crippen LogP contribution in [0.15, 0.2) is 47.5 Å². The third-order valence-corrected chi connectivity index (χ3v) is 4.88. The second-order valence-corrected chi connectivity index (χ2v) is 6.50. The van der Waals surface area contributed by atoms with Crippen LogP contribution in [0.2, 0.25) is 0 Å². The van der Waals surface area contributed by atoms with Crippen molar-refractivity contribution in [1.82, 2.24) is 4.57 Å². The molecule has 0 spiro atoms. The van der Waals surface area contributed by atoms with E-state index < -0.39 is 0 Å². The molecule has 0 unspecified atom stereocenters. The van der Waals surface area contributed by atoms with Crippen molar-refractivity contribution in [3.63, 3.8) is 0 Å². The number of nitrogens with zero attached hydrogens (tertiary/aromatic N) is 2. The van der Waals surface area contributed by atoms with Crippen LogP contribution >= 0.6 is 11.3 Å². The van der Waals surface area contributed by atoms with Gasteiger partial charge in [0.15, 0.2) is 16.3 Å². The maximum atomic E-state index is 12.4. The topological polar surface area (TPSA) is 52.8 Å². The fourth-order valence-corrected chi connectivity index (χ4v) is 3.78. The van der Waals surface area contributed by atoms with Crippen LogP contribution in [-0.2, 0) is 6.54 Å². The number of amides is 1. The summed E-state index contributed by atoms with van der Waals surface area (Å²) in [5, 5.41) is 0. The van der Waals surface area contributed by atoms with Crippen LogP contribution in [-0.4, -0.2) is 17.3 Å². The summed E-state index contributed by atoms with van der Waals surface area (Å²) in [6, 6.07) is 13.0. The fraction of sp³-hybridized carbons (Fsp3) is 0.222. The largest absolute Gasteiger partial charge is 0.454 e. The van der Waals surface area contributed by atoms with E-state index in [4.69, 9.17) is 9.47 Å². The third kappa shape index (κ3) is 2.59. The second kappa shape index (κ2) is 6.13. The number of rotatable bonds is 3. The van der Waals surface area contributed by atoms with E-state index in [9.17, 15) is 4.79 Å². The van der Waals surface area contributed by atoms with Gasteiger partial charge < -0.3 is 14.0 Å². The maximum Gasteiger partial charge on any atom is 0.279 e. The fourth-order valence-electron chi connectivity index (χ4n) is 2.72. The third-order valence-electron chi connectivity index (χ3n) is 3.84. The number of carbonyl (C=O) groups excluding carboxylic acids is 1. The molecule has 2 aromatic carbocycles. The standard InChI is InChI=1S/C18H16N2O3S/c1-2-8-20-13-9-14-15(23-11-22-14)10-16(13)24-18(20)19-17(21)12-6-4-3-5-7-12/h3-7,9-10H,2,8,11H2,1H3. The molecule has 5 nitrogen and oxygen atoms in total. The molecule has 122 valence electrons. The van der Waals surface area contributed by atoms with E-state index in [-0.39, 0.29) is 12.7 Å². The summed E-state index contributed by atoms with van der Waals surface area (Å²) in [7, 11) is 0. The lowest BCUT2D eigenvalue weighted by molar-refractivity contribution is 0.0998. The van der Waals surface area contributed by atoms with Crippen LogP contribution in [0.25, 0.3) is 10.2 Å². The first-order valence-electron chi connectivity index (χ1n) is 7.83. The Labute approximate surface area is 142 Å². The normalized spacial score (nSPS) is 13.6. The molecule has 0 saturated heterocycles. The first-order chi connectivity index (χ1) is 11.8. The van der Waals surface area contributed by atoms with Crippen molar-refractivity contribution in [2.24, 2.45) is 4.99 Å². The lowest BCUT2D eigenvalue weighted by Crippen LogP contribution is -2.16. The molecule has 0 bridgehead atoms. The Morgan fingerprint density at radius 1 is 1.21 bits per heavy atom. The van der Waals surface area contributed by atoms with Crippen LogP contribution in [0.3, 0.4) is 0 Å². The molecule has 1 aromatic heterocycles. The Bertz CT molecular complexity index is 973. The molecular formula is C18H16N2O3S. The van der Waals surface area contributed by atoms with Crippen LogP contribution in [0.1, 0.15) is 23.7 Å². The van der Waals surface area contributed by atoms with Gasteiger partial charge in [0, 0.05) is 24.2 Å². The van der Waals surface area contributed by atoms with Crippen LogP contribution in [0.4, 0.5) is 0 Å². The summed E-state index contributed by atoms with van der Waals surface area (Å²) in [6.07, 6.45) is 0.951. The summed E-state index contributed by atoms with van der Waals surface area (Å²) in [6.45, 7) is 3.15. The molecule has 0 fully saturated rings. The maximum absolute atomic E-state index is 12.4. The predicted octanol–water partition coefficient (Wildman–Crippen LogP) is 3.58. The Kier molecular flexibility index (Phi) is 3.82. The second-order valence-electron chi connectivity index (χ2n) is 5.49. The molecule has 2 heterocycles. The Hall–Kier alpha value is -2.60. The number of hydrogen-bond acceptors (Lipinski definition) is 4. The number of aryl methyl sites for hydroxylation is 1. The number of thiazole rings is 1. The molecule has 4 rings (SSSR count). The van der Waals surface area contributed by atoms with Gasteiger partial charge in [-0.05, 0) is 18.6 Å². The lowest BCUT2D eigenvalue weighted by Gasteiger charge is -2.03. The average Bonchev–Trinajstić information content (AvgIpc) is 3.18. The van der Waals surface area contributed by atoms with Gasteiger partial charge in [-0.2, -0.15) is 4.99 Å². The van der Waals surface area contributed by atoms with E-state index in [0.717, 1.165) is 34.7 Å². The SMILES string of the molecule is CCCn1c(=NC(=O)c2ccccc2)sc2cc3c(cc21)OCO3. The van der Waals surface area contributed by atoms with Gasteiger partial charge in [-0.1, -0.05) is 36.5 Å². The summed E-state index contributed by atoms with van der Waals surface area (Å²) >= 11 is 1.49. The first-order valence-corrected chi connectivity index (χ1v) is 8.65. The summed E-state index contributed by atoms with van der Waals surface area (Å²) in [5.74, 6) is 1.26. The zero-order valence-corrected chi connectivity index (χ0v) is 14.0. The van der Waals surface area contributed by atoms with E-state index in [0.29, 0.717) is 10.4 Å². The minimum atomic E-state index is -0.230. The van der Waals surface area contributed by atoms with Crippen LogP contribution in [0.5, 0.6) is 11.5 Å². The Balaban J connectivity index is 1.87. The van der Waals surface area contributed by atoms with Crippen molar-refractivity contribution in [3.05, 3.63) is 52.8 Å². The number of ether oxygens (including phenoxy) is 2. The molecule has 0 radical (unpaired) electrons. The van der Waals surface area contributed by atoms with Gasteiger partial charge in [0.1, 0.15) is 0 Å². The molecule has 0 atom stereocenters. The molecule has 0 N–H and O–H groups in total. The van der Waals surface area contributed by atoms with E-state index in [1.54, 1.807) is 12.1 Å². The van der Waals surface area contributed by atoms with Crippen molar-refractivity contribution in [1.29, 1.82) is 0 Å². The highest BCUT2D eigenvalue weighted by Crippen LogP contribution is 2.37. The van der Waals surface area contributed by atoms with E-state index in [1.807, 2.05) is 30.3 Å². The van der Waals surface area contributed by atoms with Crippen molar-refractivity contribution >= 4 is 27.5 Å². The zero-order valence-electron chi connectivity index (χ0n) is 13.2. The zero-order chi connectivity index (χ0) is 16.5. The van der Waals surface area contributed by atoms with Crippen molar-refractivity contribution in [2.45, 2.75) is 19.9 Å². The van der Waals surface area contributed by atoms with Gasteiger partial charge in [-0.15, -0.1) is 0 Å². The predicted molar refractivity (Wildman–Crippen MR) is 92.6 cm³/mol. The van der Waals surface area contributed by atoms with Gasteiger partial charge in [0.05, 0.1) is 10.2 Å². The highest BCUT2D eigenvalue weighted by molar-refractivity contribution is 7.16. The monoisotopic (exact) mass is 340 g/mol. The van der Waals surface area contributed by atoms with Crippen LogP contribution in [0, 0.1) is 0 Å². The molecule has 6 heteroatoms. The molecule has 1 amide bonds. The smallest absolute Gasteiger partial charge is 0.279 e. The molecule has 24 heavy (non-hydrogen) atoms. The van der Waals surface area contributed by atoms with E-state index in [2.05, 4.69) is 16.5 Å². The number of hydrogen-bond donors (Lipinski definition) is 0. The highest BCUT2D eigenvalue weighted by atomic mass is 32.1. The van der Waals surface area contributed by atoms with Gasteiger partial charge in [0.25, 0.3) is 5.91 Å². The Morgan fingerprint density at radius 3 is 2.71 bits per heavy atom. The quantitative estimate of drug-likeness (QED) is 0.732. The van der Waals surface area contributed by atoms with E-state index >= 15 is 0 Å². The van der Waals surface area contributed by atoms with Crippen molar-refractivity contribution in [3.8, 4) is 11.5 Å². The number of fused-ring (bicyclic) bond motifs is 2. The van der Waals surface area contributed by atoms with Gasteiger partial charge in [0.2, 0.25) is 6.79 Å². The molecule has 0 saturated carbocycles. The van der Waals surface area contributed by atoms with Crippen molar-refractivity contribution < 1.29 is 14.3 Å². The molecule has 1 aliphatic rings. The van der Waals surface area contributed by atoms with Gasteiger partial charge >= 0.3 is 0 Å². The number of benzene rings is 2. The number of aromatic nitrogens is 1. The number of carbonyl (C=O) groups is 1. The Morgan fingerprint density at radius 2 is 1.96 bits per heavy atom. The summed E-state index contributed by atoms with van der Waals surface area (Å²) < 4.78 is 14.0. The summed E-state index contributed by atoms with van der Waals surface area (Å²) in [4.78, 5) is 17.5. The van der Waals surface area contributed by atoms with Gasteiger partial charge in [-0.25, -0.2) is 0 Å². The molecule has 3 aromatic rings. The van der Waals surface area contributed by atoms with Crippen molar-refractivity contribution in [2.75, 3.05) is 6.79 Å². The first kappa shape index (κ1) is 15.0. The molecular weight excluding hydrogens is 324 g/mol.